The molecule has 0 spiro atoms. The Morgan fingerprint density at radius 3 is 2.85 bits per heavy atom. The van der Waals surface area contributed by atoms with Gasteiger partial charge in [0.25, 0.3) is 5.91 Å². The number of hydrogen-bond donors (Lipinski definition) is 3. The summed E-state index contributed by atoms with van der Waals surface area (Å²) in [4.78, 5) is 21.4. The predicted molar refractivity (Wildman–Crippen MR) is 130 cm³/mol. The average molecular weight is 494 g/mol. The zero-order valence-electron chi connectivity index (χ0n) is 18.8. The Labute approximate surface area is 203 Å². The number of morpholine rings is 1. The molecule has 0 saturated carbocycles. The lowest BCUT2D eigenvalue weighted by Gasteiger charge is -2.35. The van der Waals surface area contributed by atoms with E-state index in [1.165, 1.54) is 6.20 Å². The fourth-order valence-corrected chi connectivity index (χ4v) is 4.54. The lowest BCUT2D eigenvalue weighted by atomic mass is 9.88. The van der Waals surface area contributed by atoms with Crippen LogP contribution in [0.5, 0.6) is 0 Å². The molecule has 0 radical (unpaired) electrons. The van der Waals surface area contributed by atoms with Crippen LogP contribution in [0.15, 0.2) is 24.4 Å². The van der Waals surface area contributed by atoms with Crippen molar-refractivity contribution in [2.24, 2.45) is 5.92 Å². The van der Waals surface area contributed by atoms with Crippen LogP contribution in [0.4, 0.5) is 11.6 Å². The Morgan fingerprint density at radius 1 is 1.24 bits per heavy atom. The third kappa shape index (κ3) is 6.33. The normalized spacial score (nSPS) is 22.5. The van der Waals surface area contributed by atoms with Gasteiger partial charge in [-0.2, -0.15) is 0 Å². The SMILES string of the molecule is CC1(C)C[C@@H](CNc2ccc(Cl)c(-c3cc(NC(=O)[C@H]4CNCCO4)ncc3Cl)n2)CCO1. The zero-order chi connectivity index (χ0) is 23.4. The molecule has 10 heteroatoms. The van der Waals surface area contributed by atoms with Crippen LogP contribution in [0.1, 0.15) is 26.7 Å². The van der Waals surface area contributed by atoms with Crippen LogP contribution in [0.3, 0.4) is 0 Å². The molecule has 178 valence electrons. The number of pyridine rings is 2. The summed E-state index contributed by atoms with van der Waals surface area (Å²) < 4.78 is 11.3. The molecule has 4 heterocycles. The number of carbonyl (C=O) groups is 1. The quantitative estimate of drug-likeness (QED) is 0.559. The number of hydrogen-bond acceptors (Lipinski definition) is 7. The van der Waals surface area contributed by atoms with Crippen molar-refractivity contribution in [3.63, 3.8) is 0 Å². The molecule has 2 atom stereocenters. The fourth-order valence-electron chi connectivity index (χ4n) is 4.14. The predicted octanol–water partition coefficient (Wildman–Crippen LogP) is 3.99. The summed E-state index contributed by atoms with van der Waals surface area (Å²) >= 11 is 12.9. The molecule has 0 aromatic carbocycles. The summed E-state index contributed by atoms with van der Waals surface area (Å²) in [6, 6.07) is 5.31. The van der Waals surface area contributed by atoms with E-state index in [0.717, 1.165) is 32.5 Å². The van der Waals surface area contributed by atoms with Crippen molar-refractivity contribution in [3.8, 4) is 11.3 Å². The maximum Gasteiger partial charge on any atom is 0.255 e. The van der Waals surface area contributed by atoms with E-state index in [9.17, 15) is 4.79 Å². The van der Waals surface area contributed by atoms with Gasteiger partial charge in [0.1, 0.15) is 17.7 Å². The molecular formula is C23H29Cl2N5O3. The summed E-state index contributed by atoms with van der Waals surface area (Å²) in [5.41, 5.74) is 1.01. The maximum absolute atomic E-state index is 12.5. The number of carbonyl (C=O) groups excluding carboxylic acids is 1. The van der Waals surface area contributed by atoms with Gasteiger partial charge < -0.3 is 25.4 Å². The summed E-state index contributed by atoms with van der Waals surface area (Å²) in [6.07, 6.45) is 2.91. The largest absolute Gasteiger partial charge is 0.376 e. The standard InChI is InChI=1S/C23H29Cl2N5O3/c1-23(2)10-14(5-7-33-23)11-27-19-4-3-16(24)21(29-19)15-9-20(28-12-17(15)25)30-22(31)18-13-26-6-8-32-18/h3-4,9,12,14,18,26H,5-8,10-11,13H2,1-2H3,(H,27,29)(H,28,30,31)/t14-,18+/m0/s1. The van der Waals surface area contributed by atoms with E-state index < -0.39 is 6.10 Å². The zero-order valence-corrected chi connectivity index (χ0v) is 20.3. The fraction of sp³-hybridized carbons (Fsp3) is 0.522. The van der Waals surface area contributed by atoms with Gasteiger partial charge in [0, 0.05) is 38.0 Å². The van der Waals surface area contributed by atoms with Crippen LogP contribution >= 0.6 is 23.2 Å². The molecule has 0 unspecified atom stereocenters. The molecule has 4 rings (SSSR count). The molecule has 2 saturated heterocycles. The lowest BCUT2D eigenvalue weighted by Crippen LogP contribution is -2.45. The molecule has 2 fully saturated rings. The number of amides is 1. The van der Waals surface area contributed by atoms with Crippen molar-refractivity contribution >= 4 is 40.7 Å². The van der Waals surface area contributed by atoms with E-state index in [1.807, 2.05) is 6.07 Å². The first kappa shape index (κ1) is 24.2. The van der Waals surface area contributed by atoms with Gasteiger partial charge in [-0.05, 0) is 50.8 Å². The van der Waals surface area contributed by atoms with Crippen LogP contribution in [0, 0.1) is 5.92 Å². The van der Waals surface area contributed by atoms with E-state index in [-0.39, 0.29) is 11.5 Å². The van der Waals surface area contributed by atoms with E-state index >= 15 is 0 Å². The van der Waals surface area contributed by atoms with E-state index in [1.54, 1.807) is 12.1 Å². The van der Waals surface area contributed by atoms with Crippen molar-refractivity contribution in [1.29, 1.82) is 0 Å². The molecule has 8 nitrogen and oxygen atoms in total. The Balaban J connectivity index is 1.48. The molecule has 0 aliphatic carbocycles. The van der Waals surface area contributed by atoms with Crippen molar-refractivity contribution in [3.05, 3.63) is 34.4 Å². The van der Waals surface area contributed by atoms with Gasteiger partial charge in [-0.3, -0.25) is 4.79 Å². The Hall–Kier alpha value is -1.97. The number of ether oxygens (including phenoxy) is 2. The van der Waals surface area contributed by atoms with Crippen molar-refractivity contribution in [2.45, 2.75) is 38.4 Å². The molecule has 3 N–H and O–H groups in total. The molecule has 0 bridgehead atoms. The number of nitrogens with one attached hydrogen (secondary N) is 3. The van der Waals surface area contributed by atoms with Gasteiger partial charge in [-0.1, -0.05) is 23.2 Å². The number of rotatable bonds is 6. The van der Waals surface area contributed by atoms with Gasteiger partial charge in [0.05, 0.1) is 27.9 Å². The highest BCUT2D eigenvalue weighted by molar-refractivity contribution is 6.36. The minimum atomic E-state index is -0.566. The minimum Gasteiger partial charge on any atom is -0.376 e. The topological polar surface area (TPSA) is 97.4 Å². The molecular weight excluding hydrogens is 465 g/mol. The average Bonchev–Trinajstić information content (AvgIpc) is 2.80. The number of aromatic nitrogens is 2. The van der Waals surface area contributed by atoms with Gasteiger partial charge in [0.2, 0.25) is 0 Å². The van der Waals surface area contributed by atoms with Crippen molar-refractivity contribution in [2.75, 3.05) is 43.5 Å². The highest BCUT2D eigenvalue weighted by Crippen LogP contribution is 2.34. The second-order valence-corrected chi connectivity index (χ2v) is 9.79. The highest BCUT2D eigenvalue weighted by Gasteiger charge is 2.28. The van der Waals surface area contributed by atoms with Gasteiger partial charge in [0.15, 0.2) is 0 Å². The summed E-state index contributed by atoms with van der Waals surface area (Å²) in [5.74, 6) is 1.29. The van der Waals surface area contributed by atoms with Crippen LogP contribution in [0.25, 0.3) is 11.3 Å². The Morgan fingerprint density at radius 2 is 2.09 bits per heavy atom. The minimum absolute atomic E-state index is 0.104. The molecule has 2 aliphatic heterocycles. The third-order valence-corrected chi connectivity index (χ3v) is 6.40. The smallest absolute Gasteiger partial charge is 0.255 e. The third-order valence-electron chi connectivity index (χ3n) is 5.80. The van der Waals surface area contributed by atoms with Gasteiger partial charge in [-0.15, -0.1) is 0 Å². The summed E-state index contributed by atoms with van der Waals surface area (Å²) in [5, 5.41) is 10.2. The molecule has 2 aliphatic rings. The summed E-state index contributed by atoms with van der Waals surface area (Å²) in [7, 11) is 0. The van der Waals surface area contributed by atoms with Crippen molar-refractivity contribution in [1.82, 2.24) is 15.3 Å². The van der Waals surface area contributed by atoms with Crippen molar-refractivity contribution < 1.29 is 14.3 Å². The second kappa shape index (κ2) is 10.5. The van der Waals surface area contributed by atoms with Crippen LogP contribution in [0.2, 0.25) is 10.0 Å². The second-order valence-electron chi connectivity index (χ2n) is 8.98. The van der Waals surface area contributed by atoms with Crippen LogP contribution < -0.4 is 16.0 Å². The van der Waals surface area contributed by atoms with E-state index in [0.29, 0.717) is 52.0 Å². The first-order valence-electron chi connectivity index (χ1n) is 11.1. The van der Waals surface area contributed by atoms with Gasteiger partial charge in [-0.25, -0.2) is 9.97 Å². The van der Waals surface area contributed by atoms with E-state index in [2.05, 4.69) is 34.8 Å². The highest BCUT2D eigenvalue weighted by atomic mass is 35.5. The Bertz CT molecular complexity index is 998. The molecule has 33 heavy (non-hydrogen) atoms. The monoisotopic (exact) mass is 493 g/mol. The number of nitrogens with zero attached hydrogens (tertiary/aromatic N) is 2. The first-order valence-corrected chi connectivity index (χ1v) is 11.9. The van der Waals surface area contributed by atoms with Crippen LogP contribution in [-0.2, 0) is 14.3 Å². The first-order chi connectivity index (χ1) is 15.8. The number of anilines is 2. The molecule has 1 amide bonds. The molecule has 2 aromatic heterocycles. The van der Waals surface area contributed by atoms with Crippen LogP contribution in [-0.4, -0.2) is 60.4 Å². The summed E-state index contributed by atoms with van der Waals surface area (Å²) in [6.45, 7) is 7.48. The Kier molecular flexibility index (Phi) is 7.71. The lowest BCUT2D eigenvalue weighted by molar-refractivity contribution is -0.128. The maximum atomic E-state index is 12.5. The number of halogens is 2. The van der Waals surface area contributed by atoms with Gasteiger partial charge >= 0.3 is 0 Å². The molecule has 2 aromatic rings. The van der Waals surface area contributed by atoms with E-state index in [4.69, 9.17) is 37.7 Å².